The maximum absolute atomic E-state index is 13.3. The number of pyridine rings is 1. The summed E-state index contributed by atoms with van der Waals surface area (Å²) in [7, 11) is 1.38. The normalized spacial score (nSPS) is 16.9. The van der Waals surface area contributed by atoms with Gasteiger partial charge in [-0.25, -0.2) is 0 Å². The van der Waals surface area contributed by atoms with Crippen LogP contribution in [-0.4, -0.2) is 53.9 Å². The number of carbonyl (C=O) groups is 2. The van der Waals surface area contributed by atoms with Crippen molar-refractivity contribution in [1.29, 1.82) is 5.41 Å². The van der Waals surface area contributed by atoms with E-state index in [1.807, 2.05) is 43.3 Å². The number of esters is 1. The highest BCUT2D eigenvalue weighted by Crippen LogP contribution is 2.33. The molecule has 1 amide bonds. The summed E-state index contributed by atoms with van der Waals surface area (Å²) in [6.45, 7) is 4.85. The summed E-state index contributed by atoms with van der Waals surface area (Å²) in [6.07, 6.45) is 4.11. The first-order chi connectivity index (χ1) is 17.8. The molecule has 192 valence electrons. The number of ether oxygens (including phenoxy) is 2. The molecular weight excluding hydrogens is 468 g/mol. The van der Waals surface area contributed by atoms with Gasteiger partial charge in [0.1, 0.15) is 18.2 Å². The maximum atomic E-state index is 13.3. The highest BCUT2D eigenvalue weighted by molar-refractivity contribution is 5.95. The molecule has 0 unspecified atom stereocenters. The lowest BCUT2D eigenvalue weighted by molar-refractivity contribution is -0.141. The van der Waals surface area contributed by atoms with Crippen LogP contribution >= 0.6 is 0 Å². The van der Waals surface area contributed by atoms with Crippen LogP contribution in [0.2, 0.25) is 0 Å². The highest BCUT2D eigenvalue weighted by atomic mass is 16.5. The first-order valence-corrected chi connectivity index (χ1v) is 12.2. The molecule has 1 saturated heterocycles. The molecule has 1 aliphatic rings. The second-order valence-electron chi connectivity index (χ2n) is 9.40. The number of amidine groups is 1. The number of methoxy groups -OCH3 is 1. The number of nitrogens with one attached hydrogen (secondary N) is 1. The van der Waals surface area contributed by atoms with Gasteiger partial charge in [0.2, 0.25) is 0 Å². The maximum Gasteiger partial charge on any atom is 0.305 e. The lowest BCUT2D eigenvalue weighted by Crippen LogP contribution is -2.39. The molecule has 2 aromatic carbocycles. The molecule has 3 N–H and O–H groups in total. The average molecular weight is 501 g/mol. The predicted molar refractivity (Wildman–Crippen MR) is 142 cm³/mol. The number of hydrogen-bond donors (Lipinski definition) is 2. The molecule has 0 radical (unpaired) electrons. The Kier molecular flexibility index (Phi) is 7.86. The second kappa shape index (κ2) is 11.2. The van der Waals surface area contributed by atoms with Gasteiger partial charge in [-0.05, 0) is 66.6 Å². The van der Waals surface area contributed by atoms with Crippen molar-refractivity contribution in [3.8, 4) is 16.9 Å². The summed E-state index contributed by atoms with van der Waals surface area (Å²) < 4.78 is 11.1. The van der Waals surface area contributed by atoms with Crippen molar-refractivity contribution < 1.29 is 19.1 Å². The van der Waals surface area contributed by atoms with Gasteiger partial charge < -0.3 is 20.1 Å². The minimum absolute atomic E-state index is 0.00449. The van der Waals surface area contributed by atoms with Crippen molar-refractivity contribution in [3.05, 3.63) is 83.2 Å². The Labute approximate surface area is 216 Å². The van der Waals surface area contributed by atoms with Crippen LogP contribution in [0.1, 0.15) is 39.9 Å². The van der Waals surface area contributed by atoms with E-state index in [1.165, 1.54) is 7.11 Å². The van der Waals surface area contributed by atoms with E-state index < -0.39 is 0 Å². The quantitative estimate of drug-likeness (QED) is 0.273. The molecule has 0 spiro atoms. The molecule has 0 aliphatic carbocycles. The molecule has 3 aromatic rings. The standard InChI is InChI=1S/C29H32N4O4/c1-18-19(2)26(11-10-25(18)21-6-8-22(9-7-21)28(30)31)37-17-24-13-20(14-27(34)36-3)16-33(24)29(35)23-5-4-12-32-15-23/h4-12,15,20,24H,13-14,16-17H2,1-3H3,(H3,30,31)/t20-,24-/m0/s1. The summed E-state index contributed by atoms with van der Waals surface area (Å²) in [5.74, 6) is 0.404. The van der Waals surface area contributed by atoms with Crippen molar-refractivity contribution in [3.63, 3.8) is 0 Å². The number of likely N-dealkylation sites (tertiary alicyclic amines) is 1. The van der Waals surface area contributed by atoms with Crippen LogP contribution in [0.5, 0.6) is 5.75 Å². The summed E-state index contributed by atoms with van der Waals surface area (Å²) in [5.41, 5.74) is 11.0. The van der Waals surface area contributed by atoms with Crippen molar-refractivity contribution in [2.75, 3.05) is 20.3 Å². The zero-order chi connectivity index (χ0) is 26.5. The average Bonchev–Trinajstić information content (AvgIpc) is 3.31. The fourth-order valence-electron chi connectivity index (χ4n) is 4.82. The number of nitrogens with two attached hydrogens (primary N) is 1. The Hall–Kier alpha value is -4.20. The van der Waals surface area contributed by atoms with E-state index in [1.54, 1.807) is 29.4 Å². The minimum atomic E-state index is -0.279. The number of rotatable bonds is 8. The van der Waals surface area contributed by atoms with Crippen LogP contribution in [0, 0.1) is 25.2 Å². The Morgan fingerprint density at radius 3 is 2.49 bits per heavy atom. The molecular formula is C29H32N4O4. The Bertz CT molecular complexity index is 1290. The van der Waals surface area contributed by atoms with Crippen LogP contribution in [0.4, 0.5) is 0 Å². The van der Waals surface area contributed by atoms with E-state index >= 15 is 0 Å². The SMILES string of the molecule is COC(=O)C[C@@H]1C[C@@H](COc2ccc(-c3ccc(C(=N)N)cc3)c(C)c2C)N(C(=O)c2cccnc2)C1. The Morgan fingerprint density at radius 2 is 1.84 bits per heavy atom. The van der Waals surface area contributed by atoms with Crippen molar-refractivity contribution in [1.82, 2.24) is 9.88 Å². The monoisotopic (exact) mass is 500 g/mol. The van der Waals surface area contributed by atoms with E-state index in [2.05, 4.69) is 11.9 Å². The number of nitrogens with zero attached hydrogens (tertiary/aromatic N) is 2. The topological polar surface area (TPSA) is 119 Å². The van der Waals surface area contributed by atoms with Gasteiger partial charge >= 0.3 is 5.97 Å². The van der Waals surface area contributed by atoms with Gasteiger partial charge in [-0.1, -0.05) is 30.3 Å². The smallest absolute Gasteiger partial charge is 0.305 e. The van der Waals surface area contributed by atoms with Crippen molar-refractivity contribution >= 4 is 17.7 Å². The molecule has 0 bridgehead atoms. The van der Waals surface area contributed by atoms with Gasteiger partial charge in [-0.15, -0.1) is 0 Å². The fraction of sp³-hybridized carbons (Fsp3) is 0.310. The van der Waals surface area contributed by atoms with E-state index in [-0.39, 0.29) is 36.1 Å². The molecule has 0 saturated carbocycles. The Morgan fingerprint density at radius 1 is 1.08 bits per heavy atom. The summed E-state index contributed by atoms with van der Waals surface area (Å²) >= 11 is 0. The lowest BCUT2D eigenvalue weighted by atomic mass is 9.95. The van der Waals surface area contributed by atoms with Gasteiger partial charge in [0.25, 0.3) is 5.91 Å². The van der Waals surface area contributed by atoms with E-state index in [4.69, 9.17) is 20.6 Å². The van der Waals surface area contributed by atoms with Gasteiger partial charge in [0.15, 0.2) is 0 Å². The number of hydrogen-bond acceptors (Lipinski definition) is 6. The first kappa shape index (κ1) is 25.9. The predicted octanol–water partition coefficient (Wildman–Crippen LogP) is 4.12. The third-order valence-corrected chi connectivity index (χ3v) is 7.03. The Balaban J connectivity index is 1.51. The highest BCUT2D eigenvalue weighted by Gasteiger charge is 2.37. The van der Waals surface area contributed by atoms with E-state index in [9.17, 15) is 9.59 Å². The third kappa shape index (κ3) is 5.80. The van der Waals surface area contributed by atoms with Crippen molar-refractivity contribution in [2.45, 2.75) is 32.7 Å². The number of aromatic nitrogens is 1. The zero-order valence-corrected chi connectivity index (χ0v) is 21.4. The number of nitrogen functional groups attached to an aromatic ring is 1. The van der Waals surface area contributed by atoms with Gasteiger partial charge in [0.05, 0.1) is 25.1 Å². The van der Waals surface area contributed by atoms with E-state index in [0.717, 1.165) is 28.0 Å². The number of amides is 1. The third-order valence-electron chi connectivity index (χ3n) is 7.03. The fourth-order valence-corrected chi connectivity index (χ4v) is 4.82. The summed E-state index contributed by atoms with van der Waals surface area (Å²) in [4.78, 5) is 31.0. The molecule has 2 atom stereocenters. The molecule has 8 nitrogen and oxygen atoms in total. The minimum Gasteiger partial charge on any atom is -0.491 e. The second-order valence-corrected chi connectivity index (χ2v) is 9.40. The number of carbonyl (C=O) groups excluding carboxylic acids is 2. The zero-order valence-electron chi connectivity index (χ0n) is 21.4. The molecule has 2 heterocycles. The first-order valence-electron chi connectivity index (χ1n) is 12.2. The molecule has 37 heavy (non-hydrogen) atoms. The van der Waals surface area contributed by atoms with Gasteiger partial charge in [0, 0.05) is 24.5 Å². The summed E-state index contributed by atoms with van der Waals surface area (Å²) in [6, 6.07) is 14.9. The van der Waals surface area contributed by atoms with E-state index in [0.29, 0.717) is 30.7 Å². The van der Waals surface area contributed by atoms with Crippen LogP contribution in [0.15, 0.2) is 60.9 Å². The molecule has 1 fully saturated rings. The molecule has 4 rings (SSSR count). The molecule has 8 heteroatoms. The van der Waals surface area contributed by atoms with Crippen LogP contribution in [0.3, 0.4) is 0 Å². The number of benzene rings is 2. The van der Waals surface area contributed by atoms with Crippen LogP contribution < -0.4 is 10.5 Å². The summed E-state index contributed by atoms with van der Waals surface area (Å²) in [5, 5.41) is 7.59. The van der Waals surface area contributed by atoms with Crippen LogP contribution in [0.25, 0.3) is 11.1 Å². The van der Waals surface area contributed by atoms with Gasteiger partial charge in [-0.2, -0.15) is 0 Å². The van der Waals surface area contributed by atoms with Gasteiger partial charge in [-0.3, -0.25) is 20.0 Å². The van der Waals surface area contributed by atoms with Crippen LogP contribution in [-0.2, 0) is 9.53 Å². The lowest BCUT2D eigenvalue weighted by Gasteiger charge is -2.25. The molecule has 1 aliphatic heterocycles. The van der Waals surface area contributed by atoms with Crippen molar-refractivity contribution in [2.24, 2.45) is 11.7 Å². The largest absolute Gasteiger partial charge is 0.491 e. The molecule has 1 aromatic heterocycles.